The maximum Gasteiger partial charge on any atom is 0.416 e. The highest BCUT2D eigenvalue weighted by Crippen LogP contribution is 2.37. The number of carbonyl (C=O) groups excluding carboxylic acids is 1. The summed E-state index contributed by atoms with van der Waals surface area (Å²) in [6, 6.07) is 5.81. The molecule has 0 aliphatic carbocycles. The van der Waals surface area contributed by atoms with Crippen LogP contribution in [0.25, 0.3) is 0 Å². The Morgan fingerprint density at radius 2 is 1.42 bits per heavy atom. The Kier molecular flexibility index (Phi) is 5.16. The summed E-state index contributed by atoms with van der Waals surface area (Å²) in [5.41, 5.74) is -3.26. The van der Waals surface area contributed by atoms with Crippen molar-refractivity contribution in [3.05, 3.63) is 59.2 Å². The van der Waals surface area contributed by atoms with Gasteiger partial charge in [-0.15, -0.1) is 6.42 Å². The van der Waals surface area contributed by atoms with Crippen LogP contribution >= 0.6 is 0 Å². The normalized spacial score (nSPS) is 11.6. The first-order chi connectivity index (χ1) is 12.0. The molecule has 9 heteroatoms. The lowest BCUT2D eigenvalue weighted by Crippen LogP contribution is -2.21. The van der Waals surface area contributed by atoms with Crippen LogP contribution in [0.5, 0.6) is 0 Å². The van der Waals surface area contributed by atoms with Crippen molar-refractivity contribution in [2.24, 2.45) is 0 Å². The molecule has 0 spiro atoms. The summed E-state index contributed by atoms with van der Waals surface area (Å²) in [6.45, 7) is 0. The second kappa shape index (κ2) is 7.00. The predicted molar refractivity (Wildman–Crippen MR) is 83.5 cm³/mol. The van der Waals surface area contributed by atoms with Crippen molar-refractivity contribution in [2.45, 2.75) is 12.4 Å². The fourth-order valence-electron chi connectivity index (χ4n) is 2.03. The Morgan fingerprint density at radius 3 is 1.92 bits per heavy atom. The van der Waals surface area contributed by atoms with Gasteiger partial charge in [0.15, 0.2) is 0 Å². The van der Waals surface area contributed by atoms with Crippen LogP contribution in [0.4, 0.5) is 42.5 Å². The first-order valence-corrected chi connectivity index (χ1v) is 6.94. The number of hydrogen-bond donors (Lipinski definition) is 2. The van der Waals surface area contributed by atoms with E-state index in [0.29, 0.717) is 17.7 Å². The second-order valence-electron chi connectivity index (χ2n) is 5.06. The topological polar surface area (TPSA) is 41.1 Å². The number of hydrogen-bond acceptors (Lipinski definition) is 1. The van der Waals surface area contributed by atoms with E-state index in [0.717, 1.165) is 0 Å². The number of carbonyl (C=O) groups is 1. The molecule has 2 N–H and O–H groups in total. The number of rotatable bonds is 2. The van der Waals surface area contributed by atoms with Gasteiger partial charge in [-0.05, 0) is 30.3 Å². The molecule has 0 atom stereocenters. The van der Waals surface area contributed by atoms with E-state index in [4.69, 9.17) is 6.42 Å². The number of para-hydroxylation sites is 1. The van der Waals surface area contributed by atoms with Gasteiger partial charge in [0, 0.05) is 11.3 Å². The van der Waals surface area contributed by atoms with Crippen LogP contribution in [0, 0.1) is 12.3 Å². The molecule has 0 bridgehead atoms. The molecule has 3 nitrogen and oxygen atoms in total. The Hall–Kier alpha value is -3.15. The van der Waals surface area contributed by atoms with Gasteiger partial charge in [-0.25, -0.2) is 4.79 Å². The van der Waals surface area contributed by atoms with E-state index in [9.17, 15) is 31.1 Å². The molecule has 0 aliphatic heterocycles. The van der Waals surface area contributed by atoms with Crippen LogP contribution in [-0.4, -0.2) is 6.03 Å². The molecular weight excluding hydrogens is 362 g/mol. The standard InChI is InChI=1S/C17H10F6N2O/c1-2-10-5-3-4-6-14(10)25-15(26)24-13-8-11(16(18,19)20)7-12(9-13)17(21,22)23/h1,3-9H,(H2,24,25,26). The van der Waals surface area contributed by atoms with Crippen molar-refractivity contribution in [2.75, 3.05) is 10.6 Å². The Morgan fingerprint density at radius 1 is 0.885 bits per heavy atom. The molecular formula is C17H10F6N2O. The monoisotopic (exact) mass is 372 g/mol. The largest absolute Gasteiger partial charge is 0.416 e. The molecule has 0 unspecified atom stereocenters. The number of benzene rings is 2. The molecule has 0 heterocycles. The van der Waals surface area contributed by atoms with E-state index in [1.54, 1.807) is 12.1 Å². The maximum absolute atomic E-state index is 12.8. The lowest BCUT2D eigenvalue weighted by atomic mass is 10.1. The number of urea groups is 1. The molecule has 2 aromatic rings. The van der Waals surface area contributed by atoms with Gasteiger partial charge in [-0.2, -0.15) is 26.3 Å². The first kappa shape index (κ1) is 19.2. The number of amides is 2. The minimum atomic E-state index is -5.01. The second-order valence-corrected chi connectivity index (χ2v) is 5.06. The van der Waals surface area contributed by atoms with Gasteiger partial charge in [-0.3, -0.25) is 0 Å². The van der Waals surface area contributed by atoms with E-state index < -0.39 is 35.2 Å². The number of nitrogens with one attached hydrogen (secondary N) is 2. The van der Waals surface area contributed by atoms with Crippen LogP contribution in [0.1, 0.15) is 16.7 Å². The summed E-state index contributed by atoms with van der Waals surface area (Å²) < 4.78 is 76.8. The highest BCUT2D eigenvalue weighted by atomic mass is 19.4. The van der Waals surface area contributed by atoms with Gasteiger partial charge in [0.05, 0.1) is 16.8 Å². The third-order valence-electron chi connectivity index (χ3n) is 3.18. The van der Waals surface area contributed by atoms with Crippen LogP contribution in [0.2, 0.25) is 0 Å². The minimum absolute atomic E-state index is 0.0310. The van der Waals surface area contributed by atoms with Crippen molar-refractivity contribution >= 4 is 17.4 Å². The summed E-state index contributed by atoms with van der Waals surface area (Å²) in [6.07, 6.45) is -4.78. The van der Waals surface area contributed by atoms with E-state index in [2.05, 4.69) is 11.2 Å². The molecule has 136 valence electrons. The summed E-state index contributed by atoms with van der Waals surface area (Å²) >= 11 is 0. The first-order valence-electron chi connectivity index (χ1n) is 6.94. The van der Waals surface area contributed by atoms with Gasteiger partial charge in [0.2, 0.25) is 0 Å². The fourth-order valence-corrected chi connectivity index (χ4v) is 2.03. The van der Waals surface area contributed by atoms with Gasteiger partial charge in [0.25, 0.3) is 0 Å². The molecule has 0 fully saturated rings. The summed E-state index contributed by atoms with van der Waals surface area (Å²) in [5, 5.41) is 4.22. The molecule has 2 rings (SSSR count). The smallest absolute Gasteiger partial charge is 0.308 e. The fraction of sp³-hybridized carbons (Fsp3) is 0.118. The molecule has 0 aromatic heterocycles. The maximum atomic E-state index is 12.8. The van der Waals surface area contributed by atoms with Crippen LogP contribution in [0.3, 0.4) is 0 Å². The van der Waals surface area contributed by atoms with Crippen molar-refractivity contribution in [3.8, 4) is 12.3 Å². The molecule has 2 amide bonds. The molecule has 2 aromatic carbocycles. The number of terminal acetylenes is 1. The minimum Gasteiger partial charge on any atom is -0.308 e. The van der Waals surface area contributed by atoms with Crippen LogP contribution in [0.15, 0.2) is 42.5 Å². The highest BCUT2D eigenvalue weighted by molar-refractivity contribution is 6.00. The SMILES string of the molecule is C#Cc1ccccc1NC(=O)Nc1cc(C(F)(F)F)cc(C(F)(F)F)c1. The van der Waals surface area contributed by atoms with Crippen molar-refractivity contribution in [1.82, 2.24) is 0 Å². The Bertz CT molecular complexity index is 833. The Balaban J connectivity index is 2.31. The summed E-state index contributed by atoms with van der Waals surface area (Å²) in [4.78, 5) is 11.9. The molecule has 0 saturated heterocycles. The molecule has 0 aliphatic rings. The Labute approximate surface area is 144 Å². The van der Waals surface area contributed by atoms with Gasteiger partial charge >= 0.3 is 18.4 Å². The number of anilines is 2. The van der Waals surface area contributed by atoms with E-state index in [1.165, 1.54) is 12.1 Å². The zero-order valence-electron chi connectivity index (χ0n) is 12.8. The molecule has 0 radical (unpaired) electrons. The van der Waals surface area contributed by atoms with Crippen LogP contribution in [-0.2, 0) is 12.4 Å². The lowest BCUT2D eigenvalue weighted by Gasteiger charge is -2.15. The quantitative estimate of drug-likeness (QED) is 0.542. The van der Waals surface area contributed by atoms with E-state index in [1.807, 2.05) is 5.32 Å². The lowest BCUT2D eigenvalue weighted by molar-refractivity contribution is -0.143. The average molecular weight is 372 g/mol. The highest BCUT2D eigenvalue weighted by Gasteiger charge is 2.37. The van der Waals surface area contributed by atoms with Crippen molar-refractivity contribution in [3.63, 3.8) is 0 Å². The average Bonchev–Trinajstić information content (AvgIpc) is 2.53. The van der Waals surface area contributed by atoms with Crippen LogP contribution < -0.4 is 10.6 Å². The number of halogens is 6. The predicted octanol–water partition coefficient (Wildman–Crippen LogP) is 5.35. The van der Waals surface area contributed by atoms with E-state index in [-0.39, 0.29) is 11.8 Å². The van der Waals surface area contributed by atoms with E-state index >= 15 is 0 Å². The third-order valence-corrected chi connectivity index (χ3v) is 3.18. The van der Waals surface area contributed by atoms with Gasteiger partial charge in [0.1, 0.15) is 0 Å². The zero-order chi connectivity index (χ0) is 19.5. The third kappa shape index (κ3) is 4.69. The van der Waals surface area contributed by atoms with Gasteiger partial charge < -0.3 is 10.6 Å². The van der Waals surface area contributed by atoms with Gasteiger partial charge in [-0.1, -0.05) is 18.1 Å². The number of alkyl halides is 6. The molecule has 26 heavy (non-hydrogen) atoms. The van der Waals surface area contributed by atoms with Crippen molar-refractivity contribution < 1.29 is 31.1 Å². The summed E-state index contributed by atoms with van der Waals surface area (Å²) in [7, 11) is 0. The summed E-state index contributed by atoms with van der Waals surface area (Å²) in [5.74, 6) is 2.28. The molecule has 0 saturated carbocycles. The van der Waals surface area contributed by atoms with Crippen molar-refractivity contribution in [1.29, 1.82) is 0 Å². The zero-order valence-corrected chi connectivity index (χ0v) is 12.8.